The topological polar surface area (TPSA) is 70.6 Å². The molecule has 2 aromatic carbocycles. The van der Waals surface area contributed by atoms with Crippen LogP contribution >= 0.6 is 0 Å². The number of hydrogen-bond donors (Lipinski definition) is 3. The molecule has 0 saturated carbocycles. The fraction of sp³-hybridized carbons (Fsp3) is 0.350. The Hall–Kier alpha value is -2.53. The number of hydrogen-bond acceptors (Lipinski definition) is 3. The summed E-state index contributed by atoms with van der Waals surface area (Å²) < 4.78 is 5.39. The lowest BCUT2D eigenvalue weighted by Gasteiger charge is -2.27. The molecule has 2 aromatic rings. The number of carbonyl (C=O) groups excluding carboxylic acids is 1. The number of ether oxygens (including phenoxy) is 1. The SMILES string of the molecule is COc1ccccc1-c1cccc(NC(=O)NCC(C)(O)C(C)C)c1. The van der Waals surface area contributed by atoms with Crippen molar-refractivity contribution in [3.8, 4) is 16.9 Å². The molecule has 25 heavy (non-hydrogen) atoms. The van der Waals surface area contributed by atoms with Crippen molar-refractivity contribution in [3.63, 3.8) is 0 Å². The van der Waals surface area contributed by atoms with Crippen molar-refractivity contribution >= 4 is 11.7 Å². The van der Waals surface area contributed by atoms with E-state index in [1.165, 1.54) is 0 Å². The van der Waals surface area contributed by atoms with Gasteiger partial charge in [-0.05, 0) is 36.6 Å². The van der Waals surface area contributed by atoms with Crippen molar-refractivity contribution in [2.75, 3.05) is 19.0 Å². The zero-order valence-electron chi connectivity index (χ0n) is 15.2. The minimum Gasteiger partial charge on any atom is -0.496 e. The largest absolute Gasteiger partial charge is 0.496 e. The maximum atomic E-state index is 12.1. The van der Waals surface area contributed by atoms with E-state index in [1.807, 2.05) is 62.4 Å². The first-order valence-corrected chi connectivity index (χ1v) is 8.34. The van der Waals surface area contributed by atoms with Crippen LogP contribution in [0, 0.1) is 5.92 Å². The number of carbonyl (C=O) groups is 1. The van der Waals surface area contributed by atoms with Crippen LogP contribution in [0.5, 0.6) is 5.75 Å². The number of aliphatic hydroxyl groups is 1. The van der Waals surface area contributed by atoms with Gasteiger partial charge in [-0.25, -0.2) is 4.79 Å². The van der Waals surface area contributed by atoms with Crippen LogP contribution in [0.3, 0.4) is 0 Å². The smallest absolute Gasteiger partial charge is 0.319 e. The predicted octanol–water partition coefficient (Wildman–Crippen LogP) is 3.89. The van der Waals surface area contributed by atoms with Crippen LogP contribution in [0.1, 0.15) is 20.8 Å². The molecule has 0 saturated heterocycles. The number of methoxy groups -OCH3 is 1. The Morgan fingerprint density at radius 1 is 1.20 bits per heavy atom. The zero-order chi connectivity index (χ0) is 18.4. The van der Waals surface area contributed by atoms with Crippen molar-refractivity contribution < 1.29 is 14.6 Å². The molecule has 5 nitrogen and oxygen atoms in total. The molecule has 0 aromatic heterocycles. The fourth-order valence-corrected chi connectivity index (χ4v) is 2.29. The highest BCUT2D eigenvalue weighted by Crippen LogP contribution is 2.30. The Morgan fingerprint density at radius 3 is 2.60 bits per heavy atom. The van der Waals surface area contributed by atoms with E-state index in [0.717, 1.165) is 16.9 Å². The summed E-state index contributed by atoms with van der Waals surface area (Å²) in [5.74, 6) is 0.818. The van der Waals surface area contributed by atoms with E-state index in [4.69, 9.17) is 4.74 Å². The molecule has 2 rings (SSSR count). The van der Waals surface area contributed by atoms with Gasteiger partial charge in [0.2, 0.25) is 0 Å². The lowest BCUT2D eigenvalue weighted by atomic mass is 9.93. The number of urea groups is 1. The van der Waals surface area contributed by atoms with Gasteiger partial charge in [-0.15, -0.1) is 0 Å². The average Bonchev–Trinajstić information content (AvgIpc) is 2.60. The van der Waals surface area contributed by atoms with Gasteiger partial charge in [0.1, 0.15) is 5.75 Å². The first-order valence-electron chi connectivity index (χ1n) is 8.34. The van der Waals surface area contributed by atoms with Gasteiger partial charge in [-0.2, -0.15) is 0 Å². The standard InChI is InChI=1S/C20H26N2O3/c1-14(2)20(3,24)13-21-19(23)22-16-9-7-8-15(12-16)17-10-5-6-11-18(17)25-4/h5-12,14,24H,13H2,1-4H3,(H2,21,22,23). The molecule has 1 atom stereocenters. The highest BCUT2D eigenvalue weighted by Gasteiger charge is 2.25. The van der Waals surface area contributed by atoms with Crippen LogP contribution in [-0.2, 0) is 0 Å². The lowest BCUT2D eigenvalue weighted by Crippen LogP contribution is -2.45. The monoisotopic (exact) mass is 342 g/mol. The van der Waals surface area contributed by atoms with Gasteiger partial charge in [0.15, 0.2) is 0 Å². The Balaban J connectivity index is 2.08. The van der Waals surface area contributed by atoms with Gasteiger partial charge in [-0.1, -0.05) is 44.2 Å². The first-order chi connectivity index (χ1) is 11.8. The molecule has 3 N–H and O–H groups in total. The van der Waals surface area contributed by atoms with Gasteiger partial charge in [0.05, 0.1) is 12.7 Å². The number of rotatable bonds is 6. The highest BCUT2D eigenvalue weighted by molar-refractivity contribution is 5.90. The maximum absolute atomic E-state index is 12.1. The minimum absolute atomic E-state index is 0.0432. The molecule has 0 aliphatic rings. The molecule has 0 spiro atoms. The van der Waals surface area contributed by atoms with E-state index >= 15 is 0 Å². The second kappa shape index (κ2) is 8.03. The third-order valence-corrected chi connectivity index (χ3v) is 4.39. The summed E-state index contributed by atoms with van der Waals surface area (Å²) in [6.07, 6.45) is 0. The minimum atomic E-state index is -0.948. The van der Waals surface area contributed by atoms with Crippen LogP contribution in [-0.4, -0.2) is 30.4 Å². The van der Waals surface area contributed by atoms with Crippen molar-refractivity contribution in [2.24, 2.45) is 5.92 Å². The summed E-state index contributed by atoms with van der Waals surface area (Å²) in [7, 11) is 1.63. The Kier molecular flexibility index (Phi) is 6.04. The van der Waals surface area contributed by atoms with Crippen LogP contribution in [0.4, 0.5) is 10.5 Å². The van der Waals surface area contributed by atoms with E-state index in [2.05, 4.69) is 10.6 Å². The third kappa shape index (κ3) is 4.97. The molecule has 0 aliphatic carbocycles. The lowest BCUT2D eigenvalue weighted by molar-refractivity contribution is 0.0170. The number of benzene rings is 2. The van der Waals surface area contributed by atoms with Crippen molar-refractivity contribution in [2.45, 2.75) is 26.4 Å². The highest BCUT2D eigenvalue weighted by atomic mass is 16.5. The van der Waals surface area contributed by atoms with Crippen LogP contribution in [0.15, 0.2) is 48.5 Å². The number of nitrogens with one attached hydrogen (secondary N) is 2. The summed E-state index contributed by atoms with van der Waals surface area (Å²) in [6.45, 7) is 5.72. The molecule has 0 fully saturated rings. The molecule has 0 radical (unpaired) electrons. The van der Waals surface area contributed by atoms with E-state index < -0.39 is 5.60 Å². The molecular weight excluding hydrogens is 316 g/mol. The fourth-order valence-electron chi connectivity index (χ4n) is 2.29. The third-order valence-electron chi connectivity index (χ3n) is 4.39. The number of anilines is 1. The second-order valence-corrected chi connectivity index (χ2v) is 6.60. The summed E-state index contributed by atoms with van der Waals surface area (Å²) >= 11 is 0. The quantitative estimate of drug-likeness (QED) is 0.746. The molecule has 0 aliphatic heterocycles. The zero-order valence-corrected chi connectivity index (χ0v) is 15.2. The Labute approximate surface area is 149 Å². The van der Waals surface area contributed by atoms with Crippen LogP contribution in [0.2, 0.25) is 0 Å². The van der Waals surface area contributed by atoms with Gasteiger partial charge < -0.3 is 20.5 Å². The van der Waals surface area contributed by atoms with E-state index in [-0.39, 0.29) is 18.5 Å². The van der Waals surface area contributed by atoms with Crippen molar-refractivity contribution in [3.05, 3.63) is 48.5 Å². The van der Waals surface area contributed by atoms with E-state index in [1.54, 1.807) is 14.0 Å². The summed E-state index contributed by atoms with van der Waals surface area (Å²) in [5, 5.41) is 15.7. The maximum Gasteiger partial charge on any atom is 0.319 e. The number of amides is 2. The first kappa shape index (κ1) is 18.8. The molecule has 5 heteroatoms. The molecule has 0 heterocycles. The average molecular weight is 342 g/mol. The summed E-state index contributed by atoms with van der Waals surface area (Å²) in [5.41, 5.74) is 1.63. The molecular formula is C20H26N2O3. The second-order valence-electron chi connectivity index (χ2n) is 6.60. The van der Waals surface area contributed by atoms with E-state index in [0.29, 0.717) is 5.69 Å². The summed E-state index contributed by atoms with van der Waals surface area (Å²) in [4.78, 5) is 12.1. The summed E-state index contributed by atoms with van der Waals surface area (Å²) in [6, 6.07) is 14.9. The normalized spacial score (nSPS) is 13.2. The van der Waals surface area contributed by atoms with Gasteiger partial charge in [0, 0.05) is 17.8 Å². The number of para-hydroxylation sites is 1. The predicted molar refractivity (Wildman–Crippen MR) is 101 cm³/mol. The molecule has 1 unspecified atom stereocenters. The van der Waals surface area contributed by atoms with Crippen molar-refractivity contribution in [1.82, 2.24) is 5.32 Å². The van der Waals surface area contributed by atoms with Crippen LogP contribution in [0.25, 0.3) is 11.1 Å². The van der Waals surface area contributed by atoms with Gasteiger partial charge in [-0.3, -0.25) is 0 Å². The van der Waals surface area contributed by atoms with Crippen LogP contribution < -0.4 is 15.4 Å². The molecule has 2 amide bonds. The van der Waals surface area contributed by atoms with Crippen molar-refractivity contribution in [1.29, 1.82) is 0 Å². The van der Waals surface area contributed by atoms with Gasteiger partial charge >= 0.3 is 6.03 Å². The molecule has 134 valence electrons. The Morgan fingerprint density at radius 2 is 1.92 bits per heavy atom. The Bertz CT molecular complexity index is 726. The van der Waals surface area contributed by atoms with E-state index in [9.17, 15) is 9.90 Å². The van der Waals surface area contributed by atoms with Gasteiger partial charge in [0.25, 0.3) is 0 Å². The molecule has 0 bridgehead atoms.